The van der Waals surface area contributed by atoms with Gasteiger partial charge < -0.3 is 0 Å². The van der Waals surface area contributed by atoms with E-state index in [1.807, 2.05) is 25.6 Å². The van der Waals surface area contributed by atoms with E-state index >= 15 is 0 Å². The fraction of sp³-hybridized carbons (Fsp3) is 0.625. The van der Waals surface area contributed by atoms with Gasteiger partial charge in [0.15, 0.2) is 0 Å². The molecule has 0 bridgehead atoms. The molecule has 0 atom stereocenters. The molecule has 0 saturated carbocycles. The van der Waals surface area contributed by atoms with E-state index in [0.717, 1.165) is 12.5 Å². The Labute approximate surface area is 117 Å². The van der Waals surface area contributed by atoms with Crippen LogP contribution in [0, 0.1) is 5.92 Å². The van der Waals surface area contributed by atoms with Crippen LogP contribution in [0.15, 0.2) is 29.2 Å². The highest BCUT2D eigenvalue weighted by atomic mass is 32.2. The molecule has 1 nitrogen and oxygen atoms in total. The normalized spacial score (nSPS) is 17.1. The number of hydrogen-bond donors (Lipinski definition) is 0. The number of rotatable bonds is 3. The van der Waals surface area contributed by atoms with Crippen LogP contribution in [-0.2, 0) is 6.54 Å². The smallest absolute Gasteiger partial charge is 0.0233 e. The van der Waals surface area contributed by atoms with E-state index in [1.54, 1.807) is 0 Å². The lowest BCUT2D eigenvalue weighted by Crippen LogP contribution is -2.32. The van der Waals surface area contributed by atoms with Crippen molar-refractivity contribution in [1.82, 2.24) is 4.90 Å². The van der Waals surface area contributed by atoms with Gasteiger partial charge in [0.05, 0.1) is 0 Å². The van der Waals surface area contributed by atoms with Gasteiger partial charge >= 0.3 is 0 Å². The van der Waals surface area contributed by atoms with Gasteiger partial charge in [0.25, 0.3) is 0 Å². The molecule has 1 aromatic carbocycles. The first-order chi connectivity index (χ1) is 8.78. The Morgan fingerprint density at radius 3 is 2.17 bits per heavy atom. The predicted octanol–water partition coefficient (Wildman–Crippen LogP) is 4.67. The van der Waals surface area contributed by atoms with Crippen molar-refractivity contribution in [1.29, 1.82) is 0 Å². The highest BCUT2D eigenvalue weighted by Crippen LogP contribution is 2.19. The van der Waals surface area contributed by atoms with Gasteiger partial charge in [-0.1, -0.05) is 32.9 Å². The van der Waals surface area contributed by atoms with Crippen molar-refractivity contribution in [2.24, 2.45) is 5.92 Å². The third-order valence-corrected chi connectivity index (χ3v) is 4.19. The van der Waals surface area contributed by atoms with Crippen molar-refractivity contribution in [2.75, 3.05) is 19.3 Å². The third-order valence-electron chi connectivity index (χ3n) is 3.44. The van der Waals surface area contributed by atoms with E-state index in [1.165, 1.54) is 36.4 Å². The average Bonchev–Trinajstić information content (AvgIpc) is 2.44. The number of piperidine rings is 1. The van der Waals surface area contributed by atoms with Crippen LogP contribution in [0.25, 0.3) is 0 Å². The second-order valence-corrected chi connectivity index (χ2v) is 5.69. The maximum absolute atomic E-state index is 2.58. The fourth-order valence-corrected chi connectivity index (χ4v) is 2.62. The van der Waals surface area contributed by atoms with E-state index in [4.69, 9.17) is 0 Å². The average molecular weight is 265 g/mol. The SMILES string of the molecule is CC.CSc1ccc(CN2CCC(C)CC2)cc1. The topological polar surface area (TPSA) is 3.24 Å². The van der Waals surface area contributed by atoms with Crippen LogP contribution in [0.5, 0.6) is 0 Å². The molecule has 2 rings (SSSR count). The van der Waals surface area contributed by atoms with Crippen molar-refractivity contribution >= 4 is 11.8 Å². The Bertz CT molecular complexity index is 312. The van der Waals surface area contributed by atoms with Crippen molar-refractivity contribution in [3.8, 4) is 0 Å². The minimum absolute atomic E-state index is 0.926. The predicted molar refractivity (Wildman–Crippen MR) is 83.2 cm³/mol. The molecule has 1 aliphatic heterocycles. The van der Waals surface area contributed by atoms with E-state index in [0.29, 0.717) is 0 Å². The van der Waals surface area contributed by atoms with Crippen molar-refractivity contribution in [3.63, 3.8) is 0 Å². The summed E-state index contributed by atoms with van der Waals surface area (Å²) in [5.41, 5.74) is 1.45. The first-order valence-electron chi connectivity index (χ1n) is 7.13. The molecule has 0 aliphatic carbocycles. The standard InChI is InChI=1S/C14H21NS.C2H6/c1-12-7-9-15(10-8-12)11-13-3-5-14(16-2)6-4-13;1-2/h3-6,12H,7-11H2,1-2H3;1-2H3. The Hall–Kier alpha value is -0.470. The van der Waals surface area contributed by atoms with Crippen LogP contribution < -0.4 is 0 Å². The summed E-state index contributed by atoms with van der Waals surface area (Å²) in [5, 5.41) is 0. The molecule has 18 heavy (non-hydrogen) atoms. The molecule has 0 N–H and O–H groups in total. The molecule has 2 heteroatoms. The Kier molecular flexibility index (Phi) is 7.45. The molecule has 0 radical (unpaired) electrons. The lowest BCUT2D eigenvalue weighted by atomic mass is 9.99. The number of nitrogens with zero attached hydrogens (tertiary/aromatic N) is 1. The lowest BCUT2D eigenvalue weighted by molar-refractivity contribution is 0.185. The molecule has 1 aliphatic rings. The third kappa shape index (κ3) is 5.03. The number of benzene rings is 1. The van der Waals surface area contributed by atoms with Crippen LogP contribution in [0.3, 0.4) is 0 Å². The maximum atomic E-state index is 2.58. The quantitative estimate of drug-likeness (QED) is 0.731. The summed E-state index contributed by atoms with van der Waals surface area (Å²) in [7, 11) is 0. The molecular weight excluding hydrogens is 238 g/mol. The summed E-state index contributed by atoms with van der Waals surface area (Å²) in [6.45, 7) is 10.0. The van der Waals surface area contributed by atoms with Crippen LogP contribution in [-0.4, -0.2) is 24.2 Å². The lowest BCUT2D eigenvalue weighted by Gasteiger charge is -2.30. The summed E-state index contributed by atoms with van der Waals surface area (Å²) in [5.74, 6) is 0.926. The van der Waals surface area contributed by atoms with Gasteiger partial charge in [0.1, 0.15) is 0 Å². The van der Waals surface area contributed by atoms with Crippen LogP contribution in [0.1, 0.15) is 39.2 Å². The monoisotopic (exact) mass is 265 g/mol. The van der Waals surface area contributed by atoms with E-state index in [9.17, 15) is 0 Å². The van der Waals surface area contributed by atoms with Gasteiger partial charge in [0.2, 0.25) is 0 Å². The largest absolute Gasteiger partial charge is 0.299 e. The van der Waals surface area contributed by atoms with Gasteiger partial charge in [-0.15, -0.1) is 11.8 Å². The molecule has 0 spiro atoms. The molecular formula is C16H27NS. The van der Waals surface area contributed by atoms with Gasteiger partial charge in [-0.25, -0.2) is 0 Å². The zero-order valence-corrected chi connectivity index (χ0v) is 13.1. The van der Waals surface area contributed by atoms with E-state index in [2.05, 4.69) is 42.3 Å². The van der Waals surface area contributed by atoms with E-state index < -0.39 is 0 Å². The summed E-state index contributed by atoms with van der Waals surface area (Å²) in [6, 6.07) is 8.99. The summed E-state index contributed by atoms with van der Waals surface area (Å²) in [6.07, 6.45) is 4.85. The Morgan fingerprint density at radius 2 is 1.67 bits per heavy atom. The first-order valence-corrected chi connectivity index (χ1v) is 8.35. The molecule has 1 fully saturated rings. The molecule has 0 unspecified atom stereocenters. The zero-order chi connectivity index (χ0) is 13.4. The molecule has 0 aromatic heterocycles. The maximum Gasteiger partial charge on any atom is 0.0233 e. The number of hydrogen-bond acceptors (Lipinski definition) is 2. The summed E-state index contributed by atoms with van der Waals surface area (Å²) >= 11 is 1.81. The molecule has 1 saturated heterocycles. The van der Waals surface area contributed by atoms with Crippen LogP contribution in [0.2, 0.25) is 0 Å². The number of likely N-dealkylation sites (tertiary alicyclic amines) is 1. The van der Waals surface area contributed by atoms with Crippen LogP contribution >= 0.6 is 11.8 Å². The second kappa shape index (κ2) is 8.60. The highest BCUT2D eigenvalue weighted by molar-refractivity contribution is 7.98. The second-order valence-electron chi connectivity index (χ2n) is 4.81. The van der Waals surface area contributed by atoms with E-state index in [-0.39, 0.29) is 0 Å². The minimum atomic E-state index is 0.926. The first kappa shape index (κ1) is 15.6. The number of thioether (sulfide) groups is 1. The molecule has 102 valence electrons. The van der Waals surface area contributed by atoms with Crippen molar-refractivity contribution < 1.29 is 0 Å². The summed E-state index contributed by atoms with van der Waals surface area (Å²) < 4.78 is 0. The highest BCUT2D eigenvalue weighted by Gasteiger charge is 2.15. The van der Waals surface area contributed by atoms with Gasteiger partial charge in [-0.05, 0) is 55.8 Å². The zero-order valence-electron chi connectivity index (χ0n) is 12.3. The Balaban J connectivity index is 0.000000771. The molecule has 0 amide bonds. The Morgan fingerprint density at radius 1 is 1.11 bits per heavy atom. The molecule has 1 aromatic rings. The fourth-order valence-electron chi connectivity index (χ4n) is 2.21. The minimum Gasteiger partial charge on any atom is -0.299 e. The van der Waals surface area contributed by atoms with Gasteiger partial charge in [0, 0.05) is 11.4 Å². The van der Waals surface area contributed by atoms with Crippen molar-refractivity contribution in [3.05, 3.63) is 29.8 Å². The van der Waals surface area contributed by atoms with Crippen LogP contribution in [0.4, 0.5) is 0 Å². The summed E-state index contributed by atoms with van der Waals surface area (Å²) in [4.78, 5) is 3.93. The van der Waals surface area contributed by atoms with Gasteiger partial charge in [-0.3, -0.25) is 4.90 Å². The molecule has 1 heterocycles. The van der Waals surface area contributed by atoms with Gasteiger partial charge in [-0.2, -0.15) is 0 Å². The van der Waals surface area contributed by atoms with Crippen molar-refractivity contribution in [2.45, 2.75) is 45.1 Å².